The van der Waals surface area contributed by atoms with Crippen LogP contribution in [-0.2, 0) is 10.0 Å². The molecule has 2 heterocycles. The van der Waals surface area contributed by atoms with Crippen molar-refractivity contribution in [3.63, 3.8) is 0 Å². The Bertz CT molecular complexity index is 493. The number of nitrogens with one attached hydrogen (secondary N) is 1. The molecule has 1 aromatic heterocycles. The van der Waals surface area contributed by atoms with E-state index in [1.807, 2.05) is 6.92 Å². The highest BCUT2D eigenvalue weighted by Gasteiger charge is 2.29. The summed E-state index contributed by atoms with van der Waals surface area (Å²) in [7, 11) is -1.84. The summed E-state index contributed by atoms with van der Waals surface area (Å²) in [5.74, 6) is 0. The van der Waals surface area contributed by atoms with Crippen molar-refractivity contribution in [1.29, 1.82) is 0 Å². The largest absolute Gasteiger partial charge is 0.315 e. The predicted octanol–water partition coefficient (Wildman–Crippen LogP) is 0.763. The number of hydrogen-bond donors (Lipinski definition) is 1. The summed E-state index contributed by atoms with van der Waals surface area (Å²) < 4.78 is 26.2. The van der Waals surface area contributed by atoms with Gasteiger partial charge in [0.25, 0.3) is 10.0 Å². The molecule has 0 aromatic carbocycles. The number of hydrogen-bond acceptors (Lipinski definition) is 4. The number of aromatic nitrogens is 1. The first-order valence-electron chi connectivity index (χ1n) is 6.13. The molecule has 1 unspecified atom stereocenters. The third-order valence-corrected chi connectivity index (χ3v) is 5.14. The third kappa shape index (κ3) is 2.71. The molecule has 5 nitrogen and oxygen atoms in total. The molecule has 1 N–H and O–H groups in total. The number of pyridine rings is 1. The molecule has 100 valence electrons. The van der Waals surface area contributed by atoms with Crippen molar-refractivity contribution < 1.29 is 8.42 Å². The van der Waals surface area contributed by atoms with Crippen LogP contribution >= 0.6 is 0 Å². The van der Waals surface area contributed by atoms with E-state index in [2.05, 4.69) is 10.3 Å². The average molecular weight is 269 g/mol. The fourth-order valence-corrected chi connectivity index (χ4v) is 3.39. The maximum atomic E-state index is 12.4. The molecule has 0 amide bonds. The number of piperidine rings is 1. The van der Waals surface area contributed by atoms with Gasteiger partial charge in [0.2, 0.25) is 0 Å². The molecule has 0 radical (unpaired) electrons. The van der Waals surface area contributed by atoms with Crippen LogP contribution in [0, 0.1) is 6.92 Å². The highest BCUT2D eigenvalue weighted by Crippen LogP contribution is 2.18. The Morgan fingerprint density at radius 2 is 2.22 bits per heavy atom. The fourth-order valence-electron chi connectivity index (χ4n) is 2.09. The highest BCUT2D eigenvalue weighted by molar-refractivity contribution is 7.89. The molecule has 0 bridgehead atoms. The Kier molecular flexibility index (Phi) is 3.99. The standard InChI is InChI=1S/C12H19N3O2S/c1-10-5-6-12(14-8-10)18(16,17)15(2)11-4-3-7-13-9-11/h5-6,8,11,13H,3-4,7,9H2,1-2H3. The van der Waals surface area contributed by atoms with Crippen molar-refractivity contribution in [1.82, 2.24) is 14.6 Å². The van der Waals surface area contributed by atoms with Crippen molar-refractivity contribution in [2.75, 3.05) is 20.1 Å². The van der Waals surface area contributed by atoms with Crippen LogP contribution in [0.2, 0.25) is 0 Å². The van der Waals surface area contributed by atoms with E-state index in [1.165, 1.54) is 4.31 Å². The van der Waals surface area contributed by atoms with Gasteiger partial charge < -0.3 is 5.32 Å². The van der Waals surface area contributed by atoms with Crippen LogP contribution in [0.5, 0.6) is 0 Å². The first-order chi connectivity index (χ1) is 8.51. The Labute approximate surface area is 108 Å². The van der Waals surface area contributed by atoms with Crippen molar-refractivity contribution in [3.05, 3.63) is 23.9 Å². The zero-order valence-corrected chi connectivity index (χ0v) is 11.6. The molecule has 2 rings (SSSR count). The fraction of sp³-hybridized carbons (Fsp3) is 0.583. The van der Waals surface area contributed by atoms with E-state index < -0.39 is 10.0 Å². The van der Waals surface area contributed by atoms with E-state index >= 15 is 0 Å². The molecule has 1 atom stereocenters. The van der Waals surface area contributed by atoms with Gasteiger partial charge in [-0.15, -0.1) is 0 Å². The zero-order chi connectivity index (χ0) is 13.2. The van der Waals surface area contributed by atoms with Crippen LogP contribution < -0.4 is 5.32 Å². The van der Waals surface area contributed by atoms with Gasteiger partial charge in [0.1, 0.15) is 0 Å². The molecule has 1 aromatic rings. The van der Waals surface area contributed by atoms with Gasteiger partial charge in [-0.05, 0) is 37.9 Å². The van der Waals surface area contributed by atoms with E-state index in [1.54, 1.807) is 25.4 Å². The number of aryl methyl sites for hydroxylation is 1. The maximum Gasteiger partial charge on any atom is 0.260 e. The van der Waals surface area contributed by atoms with Gasteiger partial charge in [-0.3, -0.25) is 0 Å². The van der Waals surface area contributed by atoms with Crippen molar-refractivity contribution in [2.24, 2.45) is 0 Å². The van der Waals surface area contributed by atoms with Crippen molar-refractivity contribution in [2.45, 2.75) is 30.8 Å². The molecule has 1 aliphatic heterocycles. The van der Waals surface area contributed by atoms with E-state index in [0.717, 1.165) is 24.9 Å². The molecule has 1 aliphatic rings. The van der Waals surface area contributed by atoms with Gasteiger partial charge >= 0.3 is 0 Å². The van der Waals surface area contributed by atoms with Crippen LogP contribution in [0.1, 0.15) is 18.4 Å². The third-order valence-electron chi connectivity index (χ3n) is 3.31. The van der Waals surface area contributed by atoms with Gasteiger partial charge in [0.15, 0.2) is 5.03 Å². The lowest BCUT2D eigenvalue weighted by molar-refractivity contribution is 0.299. The van der Waals surface area contributed by atoms with Gasteiger partial charge in [-0.25, -0.2) is 13.4 Å². The lowest BCUT2D eigenvalue weighted by Crippen LogP contribution is -2.46. The highest BCUT2D eigenvalue weighted by atomic mass is 32.2. The van der Waals surface area contributed by atoms with Crippen LogP contribution in [0.25, 0.3) is 0 Å². The molecule has 0 saturated carbocycles. The summed E-state index contributed by atoms with van der Waals surface area (Å²) in [6.45, 7) is 3.56. The van der Waals surface area contributed by atoms with Gasteiger partial charge in [0.05, 0.1) is 0 Å². The first kappa shape index (κ1) is 13.5. The Morgan fingerprint density at radius 1 is 1.44 bits per heavy atom. The van der Waals surface area contributed by atoms with Gasteiger partial charge in [-0.2, -0.15) is 4.31 Å². The maximum absolute atomic E-state index is 12.4. The summed E-state index contributed by atoms with van der Waals surface area (Å²) in [6.07, 6.45) is 3.49. The summed E-state index contributed by atoms with van der Waals surface area (Å²) in [5, 5.41) is 3.35. The molecular weight excluding hydrogens is 250 g/mol. The van der Waals surface area contributed by atoms with Crippen LogP contribution in [0.15, 0.2) is 23.4 Å². The van der Waals surface area contributed by atoms with Crippen molar-refractivity contribution in [3.8, 4) is 0 Å². The van der Waals surface area contributed by atoms with Crippen LogP contribution in [0.4, 0.5) is 0 Å². The normalized spacial score (nSPS) is 21.2. The molecule has 0 spiro atoms. The van der Waals surface area contributed by atoms with E-state index in [-0.39, 0.29) is 11.1 Å². The number of rotatable bonds is 3. The molecular formula is C12H19N3O2S. The smallest absolute Gasteiger partial charge is 0.260 e. The number of likely N-dealkylation sites (N-methyl/N-ethyl adjacent to an activating group) is 1. The summed E-state index contributed by atoms with van der Waals surface area (Å²) >= 11 is 0. The lowest BCUT2D eigenvalue weighted by Gasteiger charge is -2.30. The topological polar surface area (TPSA) is 62.3 Å². The van der Waals surface area contributed by atoms with Crippen molar-refractivity contribution >= 4 is 10.0 Å². The Morgan fingerprint density at radius 3 is 2.78 bits per heavy atom. The second kappa shape index (κ2) is 5.34. The minimum absolute atomic E-state index is 0.0202. The predicted molar refractivity (Wildman–Crippen MR) is 69.8 cm³/mol. The molecule has 6 heteroatoms. The monoisotopic (exact) mass is 269 g/mol. The summed E-state index contributed by atoms with van der Waals surface area (Å²) in [5.41, 5.74) is 0.955. The SMILES string of the molecule is Cc1ccc(S(=O)(=O)N(C)C2CCCNC2)nc1. The zero-order valence-electron chi connectivity index (χ0n) is 10.8. The van der Waals surface area contributed by atoms with E-state index in [4.69, 9.17) is 0 Å². The van der Waals surface area contributed by atoms with Gasteiger partial charge in [-0.1, -0.05) is 6.07 Å². The first-order valence-corrected chi connectivity index (χ1v) is 7.57. The molecule has 0 aliphatic carbocycles. The quantitative estimate of drug-likeness (QED) is 0.880. The number of nitrogens with zero attached hydrogens (tertiary/aromatic N) is 2. The molecule has 1 fully saturated rings. The minimum atomic E-state index is -3.47. The Balaban J connectivity index is 2.21. The molecule has 18 heavy (non-hydrogen) atoms. The second-order valence-electron chi connectivity index (χ2n) is 4.70. The van der Waals surface area contributed by atoms with Crippen LogP contribution in [0.3, 0.4) is 0 Å². The Hall–Kier alpha value is -0.980. The van der Waals surface area contributed by atoms with E-state index in [0.29, 0.717) is 6.54 Å². The second-order valence-corrected chi connectivity index (χ2v) is 6.64. The van der Waals surface area contributed by atoms with Crippen LogP contribution in [-0.4, -0.2) is 43.9 Å². The van der Waals surface area contributed by atoms with Gasteiger partial charge in [0, 0.05) is 25.8 Å². The molecule has 1 saturated heterocycles. The van der Waals surface area contributed by atoms with E-state index in [9.17, 15) is 8.42 Å². The average Bonchev–Trinajstić information content (AvgIpc) is 2.39. The lowest BCUT2D eigenvalue weighted by atomic mass is 10.1. The summed E-state index contributed by atoms with van der Waals surface area (Å²) in [4.78, 5) is 4.02. The number of sulfonamides is 1. The summed E-state index contributed by atoms with van der Waals surface area (Å²) in [6, 6.07) is 3.36. The minimum Gasteiger partial charge on any atom is -0.315 e.